The van der Waals surface area contributed by atoms with Crippen molar-refractivity contribution in [2.75, 3.05) is 5.32 Å². The van der Waals surface area contributed by atoms with Crippen LogP contribution in [0.2, 0.25) is 0 Å². The molecule has 0 fully saturated rings. The molecule has 188 valence electrons. The lowest BCUT2D eigenvalue weighted by molar-refractivity contribution is -0.143. The van der Waals surface area contributed by atoms with Gasteiger partial charge in [0.2, 0.25) is 0 Å². The van der Waals surface area contributed by atoms with Crippen LogP contribution in [0.15, 0.2) is 59.4 Å². The number of aromatic nitrogens is 4. The molecule has 0 aliphatic rings. The zero-order valence-electron chi connectivity index (χ0n) is 18.6. The number of carbonyl (C=O) groups is 1. The summed E-state index contributed by atoms with van der Waals surface area (Å²) in [6.07, 6.45) is -7.20. The molecule has 7 nitrogen and oxygen atoms in total. The van der Waals surface area contributed by atoms with E-state index in [4.69, 9.17) is 4.52 Å². The van der Waals surface area contributed by atoms with Gasteiger partial charge in [0.15, 0.2) is 11.5 Å². The number of benzene rings is 1. The van der Waals surface area contributed by atoms with Crippen LogP contribution in [0.5, 0.6) is 0 Å². The molecule has 1 aromatic carbocycles. The summed E-state index contributed by atoms with van der Waals surface area (Å²) in [4.78, 5) is 16.7. The minimum absolute atomic E-state index is 0.0713. The molecule has 3 heterocycles. The van der Waals surface area contributed by atoms with Gasteiger partial charge in [0.05, 0.1) is 34.7 Å². The summed E-state index contributed by atoms with van der Waals surface area (Å²) in [7, 11) is 0. The Hall–Kier alpha value is -4.16. The van der Waals surface area contributed by atoms with Crippen molar-refractivity contribution in [3.8, 4) is 11.5 Å². The van der Waals surface area contributed by atoms with Gasteiger partial charge in [0.25, 0.3) is 5.91 Å². The molecule has 1 amide bonds. The van der Waals surface area contributed by atoms with Gasteiger partial charge in [-0.2, -0.15) is 31.4 Å². The smallest absolute Gasteiger partial charge is 0.354 e. The maximum Gasteiger partial charge on any atom is 0.416 e. The van der Waals surface area contributed by atoms with Crippen molar-refractivity contribution in [2.45, 2.75) is 32.2 Å². The van der Waals surface area contributed by atoms with Gasteiger partial charge in [-0.25, -0.2) is 0 Å². The van der Waals surface area contributed by atoms with Crippen LogP contribution < -0.4 is 5.32 Å². The Bertz CT molecular complexity index is 1390. The van der Waals surface area contributed by atoms with Crippen molar-refractivity contribution >= 4 is 11.6 Å². The van der Waals surface area contributed by atoms with Crippen LogP contribution in [0.1, 0.15) is 45.8 Å². The number of alkyl halides is 6. The monoisotopic (exact) mass is 509 g/mol. The lowest BCUT2D eigenvalue weighted by Crippen LogP contribution is -2.19. The number of nitrogens with zero attached hydrogens (tertiary/aromatic N) is 4. The highest BCUT2D eigenvalue weighted by molar-refractivity contribution is 6.03. The number of halogens is 6. The first-order valence-corrected chi connectivity index (χ1v) is 10.4. The molecule has 0 saturated carbocycles. The molecule has 4 rings (SSSR count). The zero-order chi connectivity index (χ0) is 26.3. The highest BCUT2D eigenvalue weighted by Crippen LogP contribution is 2.40. The first kappa shape index (κ1) is 24.9. The fraction of sp³-hybridized carbons (Fsp3) is 0.217. The third-order valence-corrected chi connectivity index (χ3v) is 5.46. The largest absolute Gasteiger partial charge is 0.416 e. The molecule has 0 saturated heterocycles. The summed E-state index contributed by atoms with van der Waals surface area (Å²) in [5.74, 6) is -0.412. The molecule has 3 aromatic heterocycles. The molecule has 0 bridgehead atoms. The van der Waals surface area contributed by atoms with E-state index in [2.05, 4.69) is 20.6 Å². The van der Waals surface area contributed by atoms with Gasteiger partial charge < -0.3 is 9.84 Å². The standard InChI is InChI=1S/C23H17F6N5O2/c1-12(15-7-6-14(22(24,25)26)9-16(15)23(27,28)29)34-13(2)19(11-31-34)32-21(35)18-10-20(36-33-18)17-5-3-4-8-30-17/h3-12H,1-2H3,(H,32,35). The number of pyridine rings is 1. The molecule has 0 radical (unpaired) electrons. The van der Waals surface area contributed by atoms with Gasteiger partial charge in [0.1, 0.15) is 5.69 Å². The average Bonchev–Trinajstić information content (AvgIpc) is 3.45. The van der Waals surface area contributed by atoms with Gasteiger partial charge in [-0.15, -0.1) is 0 Å². The fourth-order valence-electron chi connectivity index (χ4n) is 3.61. The third kappa shape index (κ3) is 4.95. The van der Waals surface area contributed by atoms with Crippen molar-refractivity contribution in [2.24, 2.45) is 0 Å². The van der Waals surface area contributed by atoms with E-state index in [0.29, 0.717) is 11.8 Å². The molecule has 36 heavy (non-hydrogen) atoms. The minimum Gasteiger partial charge on any atom is -0.354 e. The van der Waals surface area contributed by atoms with Crippen molar-refractivity contribution < 1.29 is 35.7 Å². The molecule has 1 atom stereocenters. The molecule has 4 aromatic rings. The number of nitrogens with one attached hydrogen (secondary N) is 1. The van der Waals surface area contributed by atoms with E-state index < -0.39 is 41.0 Å². The average molecular weight is 509 g/mol. The van der Waals surface area contributed by atoms with E-state index >= 15 is 0 Å². The van der Waals surface area contributed by atoms with Crippen molar-refractivity contribution in [1.82, 2.24) is 19.9 Å². The fourth-order valence-corrected chi connectivity index (χ4v) is 3.61. The quantitative estimate of drug-likeness (QED) is 0.327. The number of amides is 1. The third-order valence-electron chi connectivity index (χ3n) is 5.46. The zero-order valence-corrected chi connectivity index (χ0v) is 18.6. The van der Waals surface area contributed by atoms with Crippen molar-refractivity contribution in [3.05, 3.63) is 82.9 Å². The maximum absolute atomic E-state index is 13.6. The summed E-state index contributed by atoms with van der Waals surface area (Å²) < 4.78 is 86.1. The summed E-state index contributed by atoms with van der Waals surface area (Å²) in [5.41, 5.74) is -2.40. The number of rotatable bonds is 5. The van der Waals surface area contributed by atoms with Crippen LogP contribution in [0, 0.1) is 6.92 Å². The molecule has 0 aliphatic carbocycles. The summed E-state index contributed by atoms with van der Waals surface area (Å²) >= 11 is 0. The Labute approximate surface area is 199 Å². The number of hydrogen-bond acceptors (Lipinski definition) is 5. The van der Waals surface area contributed by atoms with Gasteiger partial charge in [-0.3, -0.25) is 14.5 Å². The summed E-state index contributed by atoms with van der Waals surface area (Å²) in [6.45, 7) is 2.86. The van der Waals surface area contributed by atoms with Gasteiger partial charge in [0, 0.05) is 12.3 Å². The van der Waals surface area contributed by atoms with E-state index in [-0.39, 0.29) is 28.9 Å². The van der Waals surface area contributed by atoms with Crippen molar-refractivity contribution in [3.63, 3.8) is 0 Å². The van der Waals surface area contributed by atoms with Crippen LogP contribution >= 0.6 is 0 Å². The minimum atomic E-state index is -5.03. The predicted octanol–water partition coefficient (Wildman–Crippen LogP) is 6.14. The Balaban J connectivity index is 1.59. The normalized spacial score (nSPS) is 13.0. The van der Waals surface area contributed by atoms with Crippen LogP contribution in [-0.2, 0) is 12.4 Å². The topological polar surface area (TPSA) is 85.8 Å². The first-order valence-electron chi connectivity index (χ1n) is 10.4. The van der Waals surface area contributed by atoms with E-state index in [0.717, 1.165) is 6.07 Å². The SMILES string of the molecule is Cc1c(NC(=O)c2cc(-c3ccccn3)on2)cnn1C(C)c1ccc(C(F)(F)F)cc1C(F)(F)F. The summed E-state index contributed by atoms with van der Waals surface area (Å²) in [6, 6.07) is 6.82. The molecule has 1 unspecified atom stereocenters. The van der Waals surface area contributed by atoms with E-state index in [1.807, 2.05) is 0 Å². The Morgan fingerprint density at radius 1 is 1.06 bits per heavy atom. The molecule has 1 N–H and O–H groups in total. The second-order valence-electron chi connectivity index (χ2n) is 7.81. The Kier molecular flexibility index (Phi) is 6.33. The molecule has 0 aliphatic heterocycles. The second kappa shape index (κ2) is 9.13. The molecule has 0 spiro atoms. The molecular formula is C23H17F6N5O2. The van der Waals surface area contributed by atoms with Crippen LogP contribution in [0.4, 0.5) is 32.0 Å². The van der Waals surface area contributed by atoms with E-state index in [1.54, 1.807) is 18.2 Å². The Morgan fingerprint density at radius 3 is 2.44 bits per heavy atom. The highest BCUT2D eigenvalue weighted by atomic mass is 19.4. The van der Waals surface area contributed by atoms with Gasteiger partial charge in [-0.1, -0.05) is 17.3 Å². The maximum atomic E-state index is 13.6. The predicted molar refractivity (Wildman–Crippen MR) is 115 cm³/mol. The lowest BCUT2D eigenvalue weighted by atomic mass is 9.98. The first-order chi connectivity index (χ1) is 16.9. The number of carbonyl (C=O) groups excluding carboxylic acids is 1. The number of hydrogen-bond donors (Lipinski definition) is 1. The van der Waals surface area contributed by atoms with Gasteiger partial charge in [-0.05, 0) is 43.7 Å². The van der Waals surface area contributed by atoms with Crippen LogP contribution in [0.25, 0.3) is 11.5 Å². The van der Waals surface area contributed by atoms with Crippen molar-refractivity contribution in [1.29, 1.82) is 0 Å². The Morgan fingerprint density at radius 2 is 1.81 bits per heavy atom. The van der Waals surface area contributed by atoms with E-state index in [9.17, 15) is 31.1 Å². The summed E-state index contributed by atoms with van der Waals surface area (Å²) in [5, 5.41) is 10.3. The number of anilines is 1. The molecule has 13 heteroatoms. The highest BCUT2D eigenvalue weighted by Gasteiger charge is 2.39. The van der Waals surface area contributed by atoms with Crippen LogP contribution in [-0.4, -0.2) is 25.8 Å². The lowest BCUT2D eigenvalue weighted by Gasteiger charge is -2.21. The van der Waals surface area contributed by atoms with Gasteiger partial charge >= 0.3 is 12.4 Å². The molecular weight excluding hydrogens is 492 g/mol. The van der Waals surface area contributed by atoms with E-state index in [1.165, 1.54) is 37.0 Å². The van der Waals surface area contributed by atoms with Crippen LogP contribution in [0.3, 0.4) is 0 Å². The second-order valence-corrected chi connectivity index (χ2v) is 7.81.